The number of benzene rings is 1. The molecule has 1 saturated heterocycles. The third-order valence-corrected chi connectivity index (χ3v) is 6.50. The zero-order valence-electron chi connectivity index (χ0n) is 14.6. The smallest absolute Gasteiger partial charge is 0.249 e. The molecule has 2 amide bonds. The van der Waals surface area contributed by atoms with Gasteiger partial charge in [0.1, 0.15) is 6.04 Å². The SMILES string of the molecule is Cl.NC1C2CCC(C2)C1C(=O)NC1CCCN(c2ccccc2Cl)C1=O. The van der Waals surface area contributed by atoms with Gasteiger partial charge in [0.2, 0.25) is 11.8 Å². The minimum absolute atomic E-state index is 0. The zero-order chi connectivity index (χ0) is 17.6. The van der Waals surface area contributed by atoms with Gasteiger partial charge in [-0.2, -0.15) is 0 Å². The molecule has 2 bridgehead atoms. The quantitative estimate of drug-likeness (QED) is 0.822. The highest BCUT2D eigenvalue weighted by Gasteiger charge is 2.49. The summed E-state index contributed by atoms with van der Waals surface area (Å²) in [4.78, 5) is 27.4. The molecule has 3 N–H and O–H groups in total. The van der Waals surface area contributed by atoms with Crippen molar-refractivity contribution in [1.29, 1.82) is 0 Å². The van der Waals surface area contributed by atoms with Crippen molar-refractivity contribution in [2.45, 2.75) is 44.2 Å². The number of halogens is 2. The lowest BCUT2D eigenvalue weighted by Gasteiger charge is -2.35. The van der Waals surface area contributed by atoms with Gasteiger partial charge in [0, 0.05) is 12.6 Å². The minimum atomic E-state index is -0.483. The van der Waals surface area contributed by atoms with Crippen LogP contribution in [0.5, 0.6) is 0 Å². The van der Waals surface area contributed by atoms with Crippen molar-refractivity contribution in [3.63, 3.8) is 0 Å². The van der Waals surface area contributed by atoms with E-state index in [4.69, 9.17) is 17.3 Å². The molecule has 1 aliphatic heterocycles. The molecule has 1 aromatic carbocycles. The van der Waals surface area contributed by atoms with Crippen molar-refractivity contribution < 1.29 is 9.59 Å². The fourth-order valence-electron chi connectivity index (χ4n) is 4.91. The fourth-order valence-corrected chi connectivity index (χ4v) is 5.15. The van der Waals surface area contributed by atoms with Crippen LogP contribution in [0.2, 0.25) is 5.02 Å². The molecule has 5 nitrogen and oxygen atoms in total. The van der Waals surface area contributed by atoms with Crippen LogP contribution in [-0.2, 0) is 9.59 Å². The van der Waals surface area contributed by atoms with Crippen LogP contribution in [0.25, 0.3) is 0 Å². The molecule has 4 rings (SSSR count). The van der Waals surface area contributed by atoms with Crippen molar-refractivity contribution >= 4 is 41.5 Å². The molecule has 1 aromatic rings. The molecule has 2 aliphatic carbocycles. The second kappa shape index (κ2) is 7.75. The molecule has 0 radical (unpaired) electrons. The average Bonchev–Trinajstić information content (AvgIpc) is 3.18. The lowest BCUT2D eigenvalue weighted by atomic mass is 9.84. The highest BCUT2D eigenvalue weighted by molar-refractivity contribution is 6.33. The van der Waals surface area contributed by atoms with E-state index in [1.807, 2.05) is 18.2 Å². The maximum absolute atomic E-state index is 12.9. The van der Waals surface area contributed by atoms with Crippen LogP contribution in [0.1, 0.15) is 32.1 Å². The molecular weight excluding hydrogens is 373 g/mol. The van der Waals surface area contributed by atoms with Gasteiger partial charge in [0.25, 0.3) is 0 Å². The molecular formula is C19H25Cl2N3O2. The first-order valence-corrected chi connectivity index (χ1v) is 9.56. The number of amides is 2. The van der Waals surface area contributed by atoms with E-state index in [0.717, 1.165) is 25.7 Å². The van der Waals surface area contributed by atoms with E-state index >= 15 is 0 Å². The summed E-state index contributed by atoms with van der Waals surface area (Å²) in [5, 5.41) is 3.55. The van der Waals surface area contributed by atoms with Crippen molar-refractivity contribution in [1.82, 2.24) is 5.32 Å². The minimum Gasteiger partial charge on any atom is -0.344 e. The summed E-state index contributed by atoms with van der Waals surface area (Å²) in [6.45, 7) is 0.628. The van der Waals surface area contributed by atoms with Crippen molar-refractivity contribution in [2.75, 3.05) is 11.4 Å². The van der Waals surface area contributed by atoms with E-state index in [-0.39, 0.29) is 36.2 Å². The molecule has 5 atom stereocenters. The van der Waals surface area contributed by atoms with Crippen LogP contribution in [0.3, 0.4) is 0 Å². The predicted octanol–water partition coefficient (Wildman–Crippen LogP) is 2.75. The number of para-hydroxylation sites is 1. The van der Waals surface area contributed by atoms with Crippen LogP contribution >= 0.6 is 24.0 Å². The normalized spacial score (nSPS) is 33.1. The Balaban J connectivity index is 0.00000196. The van der Waals surface area contributed by atoms with Crippen LogP contribution in [0, 0.1) is 17.8 Å². The molecule has 0 spiro atoms. The number of carbonyl (C=O) groups excluding carboxylic acids is 2. The van der Waals surface area contributed by atoms with Gasteiger partial charge in [-0.3, -0.25) is 9.59 Å². The Hall–Kier alpha value is -1.30. The third-order valence-electron chi connectivity index (χ3n) is 6.18. The van der Waals surface area contributed by atoms with E-state index in [2.05, 4.69) is 5.32 Å². The van der Waals surface area contributed by atoms with E-state index < -0.39 is 6.04 Å². The molecule has 2 saturated carbocycles. The first kappa shape index (κ1) is 19.5. The summed E-state index contributed by atoms with van der Waals surface area (Å²) in [5.74, 6) is 0.603. The highest BCUT2D eigenvalue weighted by atomic mass is 35.5. The third kappa shape index (κ3) is 3.32. The first-order valence-electron chi connectivity index (χ1n) is 9.18. The van der Waals surface area contributed by atoms with Gasteiger partial charge in [-0.05, 0) is 56.1 Å². The summed E-state index contributed by atoms with van der Waals surface area (Å²) in [6, 6.07) is 6.79. The number of hydrogen-bond acceptors (Lipinski definition) is 3. The van der Waals surface area contributed by atoms with Gasteiger partial charge in [-0.15, -0.1) is 12.4 Å². The topological polar surface area (TPSA) is 75.4 Å². The number of nitrogens with two attached hydrogens (primary N) is 1. The maximum atomic E-state index is 12.9. The Morgan fingerprint density at radius 1 is 1.19 bits per heavy atom. The van der Waals surface area contributed by atoms with Gasteiger partial charge < -0.3 is 16.0 Å². The molecule has 26 heavy (non-hydrogen) atoms. The van der Waals surface area contributed by atoms with E-state index in [1.165, 1.54) is 0 Å². The Kier molecular flexibility index (Phi) is 5.80. The summed E-state index contributed by atoms with van der Waals surface area (Å²) in [6.07, 6.45) is 4.79. The summed E-state index contributed by atoms with van der Waals surface area (Å²) >= 11 is 6.24. The van der Waals surface area contributed by atoms with Crippen LogP contribution < -0.4 is 16.0 Å². The second-order valence-corrected chi connectivity index (χ2v) is 7.99. The van der Waals surface area contributed by atoms with Crippen molar-refractivity contribution in [3.8, 4) is 0 Å². The number of nitrogens with one attached hydrogen (secondary N) is 1. The Morgan fingerprint density at radius 2 is 1.92 bits per heavy atom. The zero-order valence-corrected chi connectivity index (χ0v) is 16.1. The second-order valence-electron chi connectivity index (χ2n) is 7.58. The molecule has 142 valence electrons. The number of anilines is 1. The monoisotopic (exact) mass is 397 g/mol. The number of rotatable bonds is 3. The number of nitrogens with zero attached hydrogens (tertiary/aromatic N) is 1. The fraction of sp³-hybridized carbons (Fsp3) is 0.579. The number of hydrogen-bond donors (Lipinski definition) is 2. The van der Waals surface area contributed by atoms with Crippen molar-refractivity contribution in [2.24, 2.45) is 23.5 Å². The lowest BCUT2D eigenvalue weighted by molar-refractivity contribution is -0.132. The molecule has 5 unspecified atom stereocenters. The number of piperidine rings is 1. The lowest BCUT2D eigenvalue weighted by Crippen LogP contribution is -2.55. The van der Waals surface area contributed by atoms with E-state index in [0.29, 0.717) is 35.5 Å². The van der Waals surface area contributed by atoms with E-state index in [9.17, 15) is 9.59 Å². The van der Waals surface area contributed by atoms with Crippen LogP contribution in [-0.4, -0.2) is 30.4 Å². The molecule has 3 fully saturated rings. The van der Waals surface area contributed by atoms with Gasteiger partial charge in [-0.1, -0.05) is 23.7 Å². The number of carbonyl (C=O) groups is 2. The summed E-state index contributed by atoms with van der Waals surface area (Å²) < 4.78 is 0. The highest BCUT2D eigenvalue weighted by Crippen LogP contribution is 2.47. The summed E-state index contributed by atoms with van der Waals surface area (Å²) in [7, 11) is 0. The molecule has 0 aromatic heterocycles. The van der Waals surface area contributed by atoms with Crippen LogP contribution in [0.4, 0.5) is 5.69 Å². The largest absolute Gasteiger partial charge is 0.344 e. The average molecular weight is 398 g/mol. The first-order chi connectivity index (χ1) is 12.1. The molecule has 1 heterocycles. The Labute approximate surface area is 165 Å². The van der Waals surface area contributed by atoms with Gasteiger partial charge in [0.15, 0.2) is 0 Å². The Morgan fingerprint density at radius 3 is 2.62 bits per heavy atom. The summed E-state index contributed by atoms with van der Waals surface area (Å²) in [5.41, 5.74) is 6.98. The standard InChI is InChI=1S/C19H24ClN3O2.ClH/c20-13-4-1-2-6-15(13)23-9-3-5-14(19(23)25)22-18(24)16-11-7-8-12(10-11)17(16)21;/h1-2,4,6,11-12,14,16-17H,3,5,7-10,21H2,(H,22,24);1H. The van der Waals surface area contributed by atoms with Crippen LogP contribution in [0.15, 0.2) is 24.3 Å². The van der Waals surface area contributed by atoms with Gasteiger partial charge in [0.05, 0.1) is 16.6 Å². The molecule has 7 heteroatoms. The Bertz CT molecular complexity index is 697. The van der Waals surface area contributed by atoms with Gasteiger partial charge in [-0.25, -0.2) is 0 Å². The van der Waals surface area contributed by atoms with E-state index in [1.54, 1.807) is 11.0 Å². The van der Waals surface area contributed by atoms with Gasteiger partial charge >= 0.3 is 0 Å². The maximum Gasteiger partial charge on any atom is 0.249 e. The number of fused-ring (bicyclic) bond motifs is 2. The van der Waals surface area contributed by atoms with Crippen molar-refractivity contribution in [3.05, 3.63) is 29.3 Å². The predicted molar refractivity (Wildman–Crippen MR) is 105 cm³/mol. The molecule has 3 aliphatic rings.